The summed E-state index contributed by atoms with van der Waals surface area (Å²) in [6.45, 7) is -0.242. The molecule has 2 amide bonds. The first-order valence-corrected chi connectivity index (χ1v) is 10.5. The van der Waals surface area contributed by atoms with Gasteiger partial charge in [-0.05, 0) is 72.3 Å². The van der Waals surface area contributed by atoms with Gasteiger partial charge in [0.2, 0.25) is 0 Å². The first-order chi connectivity index (χ1) is 15.4. The average Bonchev–Trinajstić information content (AvgIpc) is 2.79. The lowest BCUT2D eigenvalue weighted by Gasteiger charge is -2.05. The van der Waals surface area contributed by atoms with Crippen molar-refractivity contribution in [3.63, 3.8) is 0 Å². The second kappa shape index (κ2) is 11.2. The van der Waals surface area contributed by atoms with Gasteiger partial charge in [-0.2, -0.15) is 5.10 Å². The van der Waals surface area contributed by atoms with E-state index in [4.69, 9.17) is 16.3 Å². The number of esters is 1. The monoisotopic (exact) mass is 513 g/mol. The molecule has 0 radical (unpaired) electrons. The van der Waals surface area contributed by atoms with Gasteiger partial charge in [-0.1, -0.05) is 33.6 Å². The van der Waals surface area contributed by atoms with Gasteiger partial charge in [0.05, 0.1) is 18.3 Å². The van der Waals surface area contributed by atoms with Crippen LogP contribution < -0.4 is 15.5 Å². The highest BCUT2D eigenvalue weighted by Crippen LogP contribution is 2.15. The molecule has 0 bridgehead atoms. The molecule has 0 saturated heterocycles. The maximum atomic E-state index is 12.1. The van der Waals surface area contributed by atoms with Crippen molar-refractivity contribution in [2.75, 3.05) is 6.54 Å². The zero-order chi connectivity index (χ0) is 22.9. The van der Waals surface area contributed by atoms with E-state index in [-0.39, 0.29) is 6.54 Å². The van der Waals surface area contributed by atoms with Crippen molar-refractivity contribution in [2.45, 2.75) is 0 Å². The van der Waals surface area contributed by atoms with E-state index in [1.807, 2.05) is 0 Å². The number of nitrogens with one attached hydrogen (secondary N) is 2. The van der Waals surface area contributed by atoms with Gasteiger partial charge in [0.25, 0.3) is 11.8 Å². The van der Waals surface area contributed by atoms with E-state index >= 15 is 0 Å². The second-order valence-electron chi connectivity index (χ2n) is 6.45. The summed E-state index contributed by atoms with van der Waals surface area (Å²) in [6.07, 6.45) is 1.43. The fourth-order valence-corrected chi connectivity index (χ4v) is 2.94. The first-order valence-electron chi connectivity index (χ1n) is 9.34. The number of carbonyl (C=O) groups is 3. The Morgan fingerprint density at radius 1 is 0.969 bits per heavy atom. The molecular formula is C23H17BrClN3O4. The van der Waals surface area contributed by atoms with Gasteiger partial charge in [0, 0.05) is 15.1 Å². The van der Waals surface area contributed by atoms with Crippen molar-refractivity contribution in [3.8, 4) is 5.75 Å². The molecule has 3 aromatic rings. The fourth-order valence-electron chi connectivity index (χ4n) is 2.48. The van der Waals surface area contributed by atoms with Crippen molar-refractivity contribution in [1.82, 2.24) is 10.7 Å². The quantitative estimate of drug-likeness (QED) is 0.214. The molecular weight excluding hydrogens is 498 g/mol. The molecule has 0 aliphatic carbocycles. The van der Waals surface area contributed by atoms with E-state index in [0.717, 1.165) is 4.47 Å². The molecule has 0 heterocycles. The predicted octanol–water partition coefficient (Wildman–Crippen LogP) is 4.20. The number of rotatable bonds is 7. The van der Waals surface area contributed by atoms with E-state index in [1.54, 1.807) is 66.7 Å². The molecule has 0 spiro atoms. The molecule has 0 atom stereocenters. The molecule has 0 fully saturated rings. The van der Waals surface area contributed by atoms with Crippen LogP contribution >= 0.6 is 27.5 Å². The Morgan fingerprint density at radius 2 is 1.69 bits per heavy atom. The van der Waals surface area contributed by atoms with E-state index < -0.39 is 17.8 Å². The second-order valence-corrected chi connectivity index (χ2v) is 7.80. The van der Waals surface area contributed by atoms with Crippen LogP contribution in [0.15, 0.2) is 82.4 Å². The molecule has 0 aliphatic rings. The third kappa shape index (κ3) is 7.04. The van der Waals surface area contributed by atoms with Crippen LogP contribution in [0.2, 0.25) is 5.02 Å². The van der Waals surface area contributed by atoms with Crippen LogP contribution in [0.5, 0.6) is 5.75 Å². The van der Waals surface area contributed by atoms with Gasteiger partial charge in [0.15, 0.2) is 0 Å². The first kappa shape index (κ1) is 23.2. The standard InChI is InChI=1S/C23H17BrClN3O4/c24-18-8-6-16(7-9-18)23(31)32-20-10-4-15(5-11-20)13-27-28-21(29)14-26-22(30)17-2-1-3-19(25)12-17/h1-13H,14H2,(H,26,30)(H,28,29)/b27-13+. The van der Waals surface area contributed by atoms with Crippen molar-refractivity contribution >= 4 is 51.5 Å². The minimum Gasteiger partial charge on any atom is -0.423 e. The summed E-state index contributed by atoms with van der Waals surface area (Å²) in [6, 6.07) is 19.8. The maximum absolute atomic E-state index is 12.1. The van der Waals surface area contributed by atoms with Crippen LogP contribution in [-0.2, 0) is 4.79 Å². The number of nitrogens with zero attached hydrogens (tertiary/aromatic N) is 1. The largest absolute Gasteiger partial charge is 0.423 e. The van der Waals surface area contributed by atoms with Crippen LogP contribution in [0.4, 0.5) is 0 Å². The van der Waals surface area contributed by atoms with Crippen LogP contribution in [0.1, 0.15) is 26.3 Å². The summed E-state index contributed by atoms with van der Waals surface area (Å²) in [5.41, 5.74) is 3.79. The highest BCUT2D eigenvalue weighted by molar-refractivity contribution is 9.10. The summed E-state index contributed by atoms with van der Waals surface area (Å²) in [4.78, 5) is 36.0. The van der Waals surface area contributed by atoms with Gasteiger partial charge in [-0.25, -0.2) is 10.2 Å². The molecule has 0 unspecified atom stereocenters. The van der Waals surface area contributed by atoms with Crippen molar-refractivity contribution < 1.29 is 19.1 Å². The Morgan fingerprint density at radius 3 is 2.38 bits per heavy atom. The highest BCUT2D eigenvalue weighted by Gasteiger charge is 2.09. The fraction of sp³-hybridized carbons (Fsp3) is 0.0435. The predicted molar refractivity (Wildman–Crippen MR) is 125 cm³/mol. The minimum atomic E-state index is -0.489. The van der Waals surface area contributed by atoms with Gasteiger partial charge in [-0.15, -0.1) is 0 Å². The molecule has 0 saturated carbocycles. The summed E-state index contributed by atoms with van der Waals surface area (Å²) in [5.74, 6) is -0.995. The van der Waals surface area contributed by atoms with Gasteiger partial charge in [0.1, 0.15) is 5.75 Å². The molecule has 0 aromatic heterocycles. The summed E-state index contributed by atoms with van der Waals surface area (Å²) in [7, 11) is 0. The number of hydrogen-bond donors (Lipinski definition) is 2. The van der Waals surface area contributed by atoms with E-state index in [9.17, 15) is 14.4 Å². The number of carbonyl (C=O) groups excluding carboxylic acids is 3. The maximum Gasteiger partial charge on any atom is 0.343 e. The number of amides is 2. The van der Waals surface area contributed by atoms with E-state index in [2.05, 4.69) is 31.8 Å². The number of ether oxygens (including phenoxy) is 1. The van der Waals surface area contributed by atoms with Crippen LogP contribution in [0.25, 0.3) is 0 Å². The van der Waals surface area contributed by atoms with E-state index in [0.29, 0.717) is 27.5 Å². The SMILES string of the molecule is O=C(CNC(=O)c1cccc(Cl)c1)N/N=C/c1ccc(OC(=O)c2ccc(Br)cc2)cc1. The Labute approximate surface area is 197 Å². The van der Waals surface area contributed by atoms with Crippen LogP contribution in [-0.4, -0.2) is 30.5 Å². The molecule has 3 rings (SSSR count). The van der Waals surface area contributed by atoms with Crippen molar-refractivity contribution in [1.29, 1.82) is 0 Å². The number of halogens is 2. The van der Waals surface area contributed by atoms with Crippen molar-refractivity contribution in [3.05, 3.63) is 99.0 Å². The highest BCUT2D eigenvalue weighted by atomic mass is 79.9. The third-order valence-corrected chi connectivity index (χ3v) is 4.83. The molecule has 9 heteroatoms. The molecule has 3 aromatic carbocycles. The Hall–Kier alpha value is -3.49. The zero-order valence-corrected chi connectivity index (χ0v) is 18.9. The lowest BCUT2D eigenvalue weighted by atomic mass is 10.2. The number of hydrogen-bond acceptors (Lipinski definition) is 5. The Balaban J connectivity index is 1.45. The summed E-state index contributed by atoms with van der Waals surface area (Å²) in [5, 5.41) is 6.76. The third-order valence-electron chi connectivity index (χ3n) is 4.07. The summed E-state index contributed by atoms with van der Waals surface area (Å²) >= 11 is 9.15. The zero-order valence-electron chi connectivity index (χ0n) is 16.5. The number of benzene rings is 3. The Kier molecular flexibility index (Phi) is 8.13. The van der Waals surface area contributed by atoms with Crippen LogP contribution in [0.3, 0.4) is 0 Å². The summed E-state index contributed by atoms with van der Waals surface area (Å²) < 4.78 is 6.19. The normalized spacial score (nSPS) is 10.6. The van der Waals surface area contributed by atoms with Gasteiger partial charge >= 0.3 is 5.97 Å². The number of hydrazone groups is 1. The molecule has 2 N–H and O–H groups in total. The van der Waals surface area contributed by atoms with Crippen molar-refractivity contribution in [2.24, 2.45) is 5.10 Å². The smallest absolute Gasteiger partial charge is 0.343 e. The topological polar surface area (TPSA) is 96.9 Å². The Bertz CT molecular complexity index is 1150. The molecule has 32 heavy (non-hydrogen) atoms. The molecule has 162 valence electrons. The molecule has 7 nitrogen and oxygen atoms in total. The van der Waals surface area contributed by atoms with Gasteiger partial charge < -0.3 is 10.1 Å². The molecule has 0 aliphatic heterocycles. The van der Waals surface area contributed by atoms with Crippen LogP contribution in [0, 0.1) is 0 Å². The lowest BCUT2D eigenvalue weighted by molar-refractivity contribution is -0.120. The lowest BCUT2D eigenvalue weighted by Crippen LogP contribution is -2.34. The average molecular weight is 515 g/mol. The van der Waals surface area contributed by atoms with E-state index in [1.165, 1.54) is 12.3 Å². The minimum absolute atomic E-state index is 0.242. The van der Waals surface area contributed by atoms with Gasteiger partial charge in [-0.3, -0.25) is 9.59 Å².